The number of carbonyl (C=O) groups is 3. The van der Waals surface area contributed by atoms with Gasteiger partial charge in [0.25, 0.3) is 17.1 Å². The summed E-state index contributed by atoms with van der Waals surface area (Å²) >= 11 is 9.11. The van der Waals surface area contributed by atoms with Crippen molar-refractivity contribution in [1.29, 1.82) is 0 Å². The number of amides is 3. The van der Waals surface area contributed by atoms with Crippen molar-refractivity contribution in [3.05, 3.63) is 84.8 Å². The molecule has 3 aromatic carbocycles. The van der Waals surface area contributed by atoms with Crippen molar-refractivity contribution in [3.8, 4) is 17.2 Å². The number of imide groups is 1. The normalized spacial score (nSPS) is 14.0. The molecule has 0 bridgehead atoms. The van der Waals surface area contributed by atoms with E-state index in [-0.39, 0.29) is 36.8 Å². The number of rotatable bonds is 11. The van der Waals surface area contributed by atoms with Gasteiger partial charge in [0, 0.05) is 10.7 Å². The maximum Gasteiger partial charge on any atom is 0.293 e. The van der Waals surface area contributed by atoms with E-state index < -0.39 is 0 Å². The van der Waals surface area contributed by atoms with E-state index >= 15 is 0 Å². The predicted molar refractivity (Wildman–Crippen MR) is 170 cm³/mol. The van der Waals surface area contributed by atoms with E-state index in [1.807, 2.05) is 51.1 Å². The molecule has 1 fully saturated rings. The Morgan fingerprint density at radius 1 is 1.05 bits per heavy atom. The van der Waals surface area contributed by atoms with Crippen LogP contribution in [0.1, 0.15) is 23.6 Å². The third-order valence-corrected chi connectivity index (χ3v) is 8.03. The monoisotopic (exact) mass is 706 g/mol. The Hall–Kier alpha value is -3.22. The Morgan fingerprint density at radius 3 is 2.51 bits per heavy atom. The minimum absolute atomic E-state index is 0.140. The van der Waals surface area contributed by atoms with Crippen LogP contribution in [-0.2, 0) is 9.59 Å². The van der Waals surface area contributed by atoms with E-state index in [0.29, 0.717) is 48.6 Å². The van der Waals surface area contributed by atoms with Crippen molar-refractivity contribution in [3.63, 3.8) is 0 Å². The van der Waals surface area contributed by atoms with Crippen molar-refractivity contribution in [1.82, 2.24) is 4.90 Å². The third-order valence-electron chi connectivity index (χ3n) is 5.91. The lowest BCUT2D eigenvalue weighted by Gasteiger charge is -2.15. The van der Waals surface area contributed by atoms with Crippen molar-refractivity contribution in [2.75, 3.05) is 31.7 Å². The number of hydrogen-bond acceptors (Lipinski definition) is 7. The van der Waals surface area contributed by atoms with Gasteiger partial charge >= 0.3 is 0 Å². The minimum atomic E-state index is -0.381. The minimum Gasteiger partial charge on any atom is -0.492 e. The number of thioether (sulfide) groups is 1. The maximum absolute atomic E-state index is 13.0. The van der Waals surface area contributed by atoms with Gasteiger partial charge in [-0.1, -0.05) is 35.4 Å². The van der Waals surface area contributed by atoms with Crippen molar-refractivity contribution in [2.45, 2.75) is 20.8 Å². The molecule has 8 nitrogen and oxygen atoms in total. The van der Waals surface area contributed by atoms with Gasteiger partial charge in [-0.2, -0.15) is 0 Å². The van der Waals surface area contributed by atoms with Crippen LogP contribution in [0.2, 0.25) is 5.02 Å². The first-order chi connectivity index (χ1) is 19.6. The molecule has 4 rings (SSSR count). The molecule has 0 saturated carbocycles. The molecule has 0 aromatic heterocycles. The highest BCUT2D eigenvalue weighted by molar-refractivity contribution is 14.1. The molecule has 11 heteroatoms. The van der Waals surface area contributed by atoms with Crippen LogP contribution < -0.4 is 19.5 Å². The molecule has 1 heterocycles. The highest BCUT2D eigenvalue weighted by atomic mass is 127. The Kier molecular flexibility index (Phi) is 10.6. The third kappa shape index (κ3) is 8.17. The van der Waals surface area contributed by atoms with Crippen LogP contribution in [0.4, 0.5) is 10.5 Å². The second-order valence-corrected chi connectivity index (χ2v) is 11.6. The molecule has 0 unspecified atom stereocenters. The van der Waals surface area contributed by atoms with Crippen molar-refractivity contribution in [2.24, 2.45) is 0 Å². The van der Waals surface area contributed by atoms with E-state index in [4.69, 9.17) is 25.8 Å². The lowest BCUT2D eigenvalue weighted by Crippen LogP contribution is -2.32. The van der Waals surface area contributed by atoms with E-state index in [0.717, 1.165) is 22.9 Å². The summed E-state index contributed by atoms with van der Waals surface area (Å²) in [6, 6.07) is 16.3. The van der Waals surface area contributed by atoms with Gasteiger partial charge in [-0.3, -0.25) is 19.3 Å². The summed E-state index contributed by atoms with van der Waals surface area (Å²) in [6.07, 6.45) is 1.65. The van der Waals surface area contributed by atoms with Gasteiger partial charge < -0.3 is 19.5 Å². The topological polar surface area (TPSA) is 94.2 Å². The zero-order valence-electron chi connectivity index (χ0n) is 22.7. The number of hydrogen-bond donors (Lipinski definition) is 1. The fraction of sp³-hybridized carbons (Fsp3) is 0.233. The number of ether oxygens (including phenoxy) is 3. The van der Waals surface area contributed by atoms with Crippen LogP contribution in [0.3, 0.4) is 0 Å². The van der Waals surface area contributed by atoms with Gasteiger partial charge in [-0.15, -0.1) is 0 Å². The molecule has 3 amide bonds. The highest BCUT2D eigenvalue weighted by Gasteiger charge is 2.35. The number of nitrogens with one attached hydrogen (secondary N) is 1. The first-order valence-corrected chi connectivity index (χ1v) is 15.0. The number of nitrogens with zero attached hydrogens (tertiary/aromatic N) is 1. The summed E-state index contributed by atoms with van der Waals surface area (Å²) in [5.41, 5.74) is 3.25. The summed E-state index contributed by atoms with van der Waals surface area (Å²) in [6.45, 7) is 6.15. The van der Waals surface area contributed by atoms with Gasteiger partial charge in [0.05, 0.1) is 21.6 Å². The molecular formula is C30H28ClIN2O6S. The summed E-state index contributed by atoms with van der Waals surface area (Å²) < 4.78 is 18.0. The van der Waals surface area contributed by atoms with E-state index in [2.05, 4.69) is 27.9 Å². The molecule has 1 aliphatic rings. The van der Waals surface area contributed by atoms with Crippen LogP contribution in [0.25, 0.3) is 6.08 Å². The average Bonchev–Trinajstić information content (AvgIpc) is 3.19. The Bertz CT molecular complexity index is 1500. The molecule has 0 spiro atoms. The van der Waals surface area contributed by atoms with Gasteiger partial charge in [-0.05, 0) is 109 Å². The summed E-state index contributed by atoms with van der Waals surface area (Å²) in [5.74, 6) is 0.766. The number of benzene rings is 3. The fourth-order valence-corrected chi connectivity index (χ4v) is 5.64. The molecule has 1 aliphatic heterocycles. The second-order valence-electron chi connectivity index (χ2n) is 9.06. The molecule has 0 aliphatic carbocycles. The van der Waals surface area contributed by atoms with Crippen molar-refractivity contribution >= 4 is 74.8 Å². The molecule has 3 aromatic rings. The first-order valence-electron chi connectivity index (χ1n) is 12.7. The Balaban J connectivity index is 1.41. The number of anilines is 1. The van der Waals surface area contributed by atoms with Gasteiger partial charge in [0.15, 0.2) is 18.1 Å². The smallest absolute Gasteiger partial charge is 0.293 e. The lowest BCUT2D eigenvalue weighted by atomic mass is 10.2. The Morgan fingerprint density at radius 2 is 1.80 bits per heavy atom. The number of carbonyl (C=O) groups excluding carboxylic acids is 3. The fourth-order valence-electron chi connectivity index (χ4n) is 3.81. The van der Waals surface area contributed by atoms with Gasteiger partial charge in [0.2, 0.25) is 0 Å². The van der Waals surface area contributed by atoms with Crippen LogP contribution in [0.5, 0.6) is 17.2 Å². The zero-order valence-corrected chi connectivity index (χ0v) is 26.4. The number of aryl methyl sites for hydroxylation is 2. The SMILES string of the molecule is CCOc1cc(/C=C2\SC(=O)N(CCOc3ccc(C)cc3)C2=O)cc(I)c1OCC(=O)Nc1ccc(C)c(Cl)c1. The van der Waals surface area contributed by atoms with Crippen LogP contribution >= 0.6 is 46.0 Å². The average molecular weight is 707 g/mol. The van der Waals surface area contributed by atoms with Gasteiger partial charge in [0.1, 0.15) is 12.4 Å². The van der Waals surface area contributed by atoms with Crippen LogP contribution in [0, 0.1) is 17.4 Å². The number of halogens is 2. The molecule has 0 radical (unpaired) electrons. The highest BCUT2D eigenvalue weighted by Crippen LogP contribution is 2.37. The van der Waals surface area contributed by atoms with E-state index in [9.17, 15) is 14.4 Å². The summed E-state index contributed by atoms with van der Waals surface area (Å²) in [4.78, 5) is 39.5. The largest absolute Gasteiger partial charge is 0.492 e. The van der Waals surface area contributed by atoms with Crippen molar-refractivity contribution < 1.29 is 28.6 Å². The van der Waals surface area contributed by atoms with E-state index in [1.54, 1.807) is 30.3 Å². The molecule has 0 atom stereocenters. The predicted octanol–water partition coefficient (Wildman–Crippen LogP) is 7.09. The first kappa shape index (κ1) is 30.7. The van der Waals surface area contributed by atoms with Gasteiger partial charge in [-0.25, -0.2) is 0 Å². The molecule has 1 N–H and O–H groups in total. The standard InChI is InChI=1S/C30H28ClIN2O6S/c1-4-38-25-14-20(13-24(32)28(25)40-17-27(35)33-21-8-7-19(3)23(31)16-21)15-26-29(36)34(30(37)41-26)11-12-39-22-9-5-18(2)6-10-22/h5-10,13-16H,4,11-12,17H2,1-3H3,(H,33,35)/b26-15-. The molecule has 1 saturated heterocycles. The van der Waals surface area contributed by atoms with Crippen LogP contribution in [0.15, 0.2) is 59.5 Å². The Labute approximate surface area is 261 Å². The van der Waals surface area contributed by atoms with E-state index in [1.165, 1.54) is 4.90 Å². The molecule has 214 valence electrons. The molecular weight excluding hydrogens is 679 g/mol. The maximum atomic E-state index is 13.0. The second kappa shape index (κ2) is 14.1. The quantitative estimate of drug-likeness (QED) is 0.168. The molecule has 41 heavy (non-hydrogen) atoms. The zero-order chi connectivity index (χ0) is 29.5. The van der Waals surface area contributed by atoms with Crippen LogP contribution in [-0.4, -0.2) is 48.3 Å². The lowest BCUT2D eigenvalue weighted by molar-refractivity contribution is -0.123. The summed E-state index contributed by atoms with van der Waals surface area (Å²) in [5, 5.41) is 2.97. The summed E-state index contributed by atoms with van der Waals surface area (Å²) in [7, 11) is 0.